The van der Waals surface area contributed by atoms with Crippen molar-refractivity contribution in [2.24, 2.45) is 0 Å². The molecule has 1 atom stereocenters. The smallest absolute Gasteiger partial charge is 0.305 e. The van der Waals surface area contributed by atoms with Crippen LogP contribution in [0.4, 0.5) is 0 Å². The van der Waals surface area contributed by atoms with Crippen LogP contribution in [0.25, 0.3) is 0 Å². The van der Waals surface area contributed by atoms with Gasteiger partial charge in [0.05, 0.1) is 19.0 Å². The van der Waals surface area contributed by atoms with Crippen molar-refractivity contribution >= 4 is 45.0 Å². The minimum absolute atomic E-state index is 0.129. The van der Waals surface area contributed by atoms with Crippen molar-refractivity contribution in [1.82, 2.24) is 9.62 Å². The van der Waals surface area contributed by atoms with Crippen molar-refractivity contribution in [2.75, 3.05) is 24.6 Å². The first-order chi connectivity index (χ1) is 10.4. The molecule has 0 aliphatic carbocycles. The van der Waals surface area contributed by atoms with Crippen LogP contribution >= 0.6 is 23.1 Å². The van der Waals surface area contributed by atoms with Gasteiger partial charge in [-0.3, -0.25) is 9.59 Å². The Balaban J connectivity index is 1.97. The van der Waals surface area contributed by atoms with E-state index in [4.69, 9.17) is 5.11 Å². The summed E-state index contributed by atoms with van der Waals surface area (Å²) in [5.41, 5.74) is 0. The van der Waals surface area contributed by atoms with E-state index in [0.717, 1.165) is 17.1 Å². The SMILES string of the molecule is O=C(O)CC1CSCCN1C(=O)CNS(=O)(=O)c1cccs1. The second-order valence-electron chi connectivity index (χ2n) is 4.67. The molecule has 0 saturated carbocycles. The van der Waals surface area contributed by atoms with E-state index in [1.54, 1.807) is 23.2 Å². The van der Waals surface area contributed by atoms with Gasteiger partial charge in [0.15, 0.2) is 0 Å². The topological polar surface area (TPSA) is 104 Å². The predicted octanol–water partition coefficient (Wildman–Crippen LogP) is 0.445. The fourth-order valence-electron chi connectivity index (χ4n) is 2.10. The van der Waals surface area contributed by atoms with Crippen molar-refractivity contribution in [3.8, 4) is 0 Å². The van der Waals surface area contributed by atoms with Gasteiger partial charge in [0.25, 0.3) is 10.0 Å². The number of sulfonamides is 1. The Morgan fingerprint density at radius 2 is 2.23 bits per heavy atom. The number of carbonyl (C=O) groups excluding carboxylic acids is 1. The normalized spacial score (nSPS) is 19.1. The molecular weight excluding hydrogens is 348 g/mol. The number of carboxylic acid groups (broad SMARTS) is 1. The second kappa shape index (κ2) is 7.44. The van der Waals surface area contributed by atoms with Gasteiger partial charge in [-0.05, 0) is 11.4 Å². The van der Waals surface area contributed by atoms with Crippen LogP contribution in [0.3, 0.4) is 0 Å². The molecule has 0 aromatic carbocycles. The zero-order valence-electron chi connectivity index (χ0n) is 11.6. The van der Waals surface area contributed by atoms with Gasteiger partial charge in [0.1, 0.15) is 4.21 Å². The second-order valence-corrected chi connectivity index (χ2v) is 8.76. The molecular formula is C12H16N2O5S3. The number of thioether (sulfide) groups is 1. The van der Waals surface area contributed by atoms with Gasteiger partial charge in [0.2, 0.25) is 5.91 Å². The third-order valence-electron chi connectivity index (χ3n) is 3.13. The molecule has 1 fully saturated rings. The first kappa shape index (κ1) is 17.3. The molecule has 2 N–H and O–H groups in total. The first-order valence-electron chi connectivity index (χ1n) is 6.52. The fraction of sp³-hybridized carbons (Fsp3) is 0.500. The summed E-state index contributed by atoms with van der Waals surface area (Å²) in [7, 11) is -3.69. The van der Waals surface area contributed by atoms with E-state index in [1.807, 2.05) is 0 Å². The third kappa shape index (κ3) is 4.45. The van der Waals surface area contributed by atoms with Gasteiger partial charge in [0, 0.05) is 18.1 Å². The zero-order chi connectivity index (χ0) is 16.2. The van der Waals surface area contributed by atoms with Crippen LogP contribution in [0.2, 0.25) is 0 Å². The predicted molar refractivity (Wildman–Crippen MR) is 84.6 cm³/mol. The highest BCUT2D eigenvalue weighted by atomic mass is 32.2. The minimum Gasteiger partial charge on any atom is -0.481 e. The van der Waals surface area contributed by atoms with Gasteiger partial charge in [-0.1, -0.05) is 6.07 Å². The molecule has 122 valence electrons. The van der Waals surface area contributed by atoms with Crippen molar-refractivity contribution < 1.29 is 23.1 Å². The average Bonchev–Trinajstić information content (AvgIpc) is 3.00. The Labute approximate surface area is 136 Å². The fourth-order valence-corrected chi connectivity index (χ4v) is 5.17. The summed E-state index contributed by atoms with van der Waals surface area (Å²) in [6.07, 6.45) is -0.129. The van der Waals surface area contributed by atoms with E-state index in [-0.39, 0.29) is 17.2 Å². The molecule has 1 amide bonds. The Bertz CT molecular complexity index is 629. The maximum atomic E-state index is 12.2. The molecule has 10 heteroatoms. The monoisotopic (exact) mass is 364 g/mol. The lowest BCUT2D eigenvalue weighted by molar-refractivity contribution is -0.140. The number of carbonyl (C=O) groups is 2. The third-order valence-corrected chi connectivity index (χ3v) is 7.02. The van der Waals surface area contributed by atoms with Gasteiger partial charge >= 0.3 is 5.97 Å². The zero-order valence-corrected chi connectivity index (χ0v) is 14.0. The number of nitrogens with zero attached hydrogens (tertiary/aromatic N) is 1. The number of thiophene rings is 1. The molecule has 2 heterocycles. The number of amides is 1. The Hall–Kier alpha value is -1.10. The summed E-state index contributed by atoms with van der Waals surface area (Å²) in [5.74, 6) is -0.0916. The largest absolute Gasteiger partial charge is 0.481 e. The summed E-state index contributed by atoms with van der Waals surface area (Å²) in [6.45, 7) is 0.0726. The standard InChI is InChI=1S/C12H16N2O5S3/c15-10(7-13-22(18,19)12-2-1-4-21-12)14-3-5-20-8-9(14)6-11(16)17/h1-2,4,9,13H,3,5-8H2,(H,16,17). The molecule has 1 aromatic rings. The molecule has 1 saturated heterocycles. The maximum Gasteiger partial charge on any atom is 0.305 e. The highest BCUT2D eigenvalue weighted by molar-refractivity contribution is 7.99. The summed E-state index contributed by atoms with van der Waals surface area (Å²) in [6, 6.07) is 2.68. The van der Waals surface area contributed by atoms with E-state index < -0.39 is 27.9 Å². The van der Waals surface area contributed by atoms with Crippen LogP contribution in [-0.2, 0) is 19.6 Å². The molecule has 7 nitrogen and oxygen atoms in total. The van der Waals surface area contributed by atoms with Crippen LogP contribution in [-0.4, -0.2) is 60.9 Å². The quantitative estimate of drug-likeness (QED) is 0.759. The molecule has 2 rings (SSSR count). The molecule has 1 unspecified atom stereocenters. The number of rotatable bonds is 6. The number of carboxylic acids is 1. The van der Waals surface area contributed by atoms with Crippen molar-refractivity contribution in [2.45, 2.75) is 16.7 Å². The minimum atomic E-state index is -3.69. The van der Waals surface area contributed by atoms with Crippen molar-refractivity contribution in [1.29, 1.82) is 0 Å². The van der Waals surface area contributed by atoms with Crippen molar-refractivity contribution in [3.63, 3.8) is 0 Å². The van der Waals surface area contributed by atoms with Crippen molar-refractivity contribution in [3.05, 3.63) is 17.5 Å². The van der Waals surface area contributed by atoms with Gasteiger partial charge < -0.3 is 10.0 Å². The molecule has 22 heavy (non-hydrogen) atoms. The Morgan fingerprint density at radius 1 is 1.45 bits per heavy atom. The highest BCUT2D eigenvalue weighted by Crippen LogP contribution is 2.19. The maximum absolute atomic E-state index is 12.2. The van der Waals surface area contributed by atoms with E-state index in [2.05, 4.69) is 4.72 Å². The molecule has 0 bridgehead atoms. The van der Waals surface area contributed by atoms with Gasteiger partial charge in [-0.15, -0.1) is 11.3 Å². The summed E-state index contributed by atoms with van der Waals surface area (Å²) in [4.78, 5) is 24.5. The Morgan fingerprint density at radius 3 is 2.86 bits per heavy atom. The van der Waals surface area contributed by atoms with Gasteiger partial charge in [-0.2, -0.15) is 11.8 Å². The van der Waals surface area contributed by atoms with Crippen LogP contribution in [0.1, 0.15) is 6.42 Å². The van der Waals surface area contributed by atoms with Crippen LogP contribution < -0.4 is 4.72 Å². The van der Waals surface area contributed by atoms with E-state index in [0.29, 0.717) is 12.3 Å². The average molecular weight is 364 g/mol. The summed E-state index contributed by atoms with van der Waals surface area (Å²) in [5, 5.41) is 10.5. The highest BCUT2D eigenvalue weighted by Gasteiger charge is 2.29. The lowest BCUT2D eigenvalue weighted by atomic mass is 10.2. The Kier molecular flexibility index (Phi) is 5.84. The number of nitrogens with one attached hydrogen (secondary N) is 1. The summed E-state index contributed by atoms with van der Waals surface area (Å²) >= 11 is 2.66. The molecule has 0 spiro atoms. The van der Waals surface area contributed by atoms with Crippen LogP contribution in [0.15, 0.2) is 21.7 Å². The molecule has 1 aromatic heterocycles. The van der Waals surface area contributed by atoms with Gasteiger partial charge in [-0.25, -0.2) is 13.1 Å². The van der Waals surface area contributed by atoms with Crippen LogP contribution in [0.5, 0.6) is 0 Å². The van der Waals surface area contributed by atoms with Crippen LogP contribution in [0, 0.1) is 0 Å². The molecule has 0 radical (unpaired) electrons. The lowest BCUT2D eigenvalue weighted by Crippen LogP contribution is -2.50. The number of aliphatic carboxylic acids is 1. The lowest BCUT2D eigenvalue weighted by Gasteiger charge is -2.34. The van der Waals surface area contributed by atoms with E-state index in [1.165, 1.54) is 11.0 Å². The first-order valence-corrected chi connectivity index (χ1v) is 10.0. The molecule has 1 aliphatic rings. The van der Waals surface area contributed by atoms with E-state index >= 15 is 0 Å². The number of hydrogen-bond acceptors (Lipinski definition) is 6. The summed E-state index contributed by atoms with van der Waals surface area (Å²) < 4.78 is 26.4. The molecule has 1 aliphatic heterocycles. The van der Waals surface area contributed by atoms with E-state index in [9.17, 15) is 18.0 Å². The number of hydrogen-bond donors (Lipinski definition) is 2.